The summed E-state index contributed by atoms with van der Waals surface area (Å²) in [5, 5.41) is 3.28. The van der Waals surface area contributed by atoms with Crippen LogP contribution in [0.2, 0.25) is 0 Å². The van der Waals surface area contributed by atoms with Crippen molar-refractivity contribution in [2.75, 3.05) is 54.5 Å². The topological polar surface area (TPSA) is 117 Å². The van der Waals surface area contributed by atoms with Crippen LogP contribution in [0.4, 0.5) is 23.1 Å². The number of anilines is 4. The van der Waals surface area contributed by atoms with Gasteiger partial charge in [-0.25, -0.2) is 22.3 Å². The minimum Gasteiger partial charge on any atom is -0.492 e. The van der Waals surface area contributed by atoms with Crippen molar-refractivity contribution in [2.45, 2.75) is 37.6 Å². The van der Waals surface area contributed by atoms with Crippen LogP contribution in [0.1, 0.15) is 26.3 Å². The van der Waals surface area contributed by atoms with Gasteiger partial charge in [0.25, 0.3) is 0 Å². The van der Waals surface area contributed by atoms with E-state index in [2.05, 4.69) is 24.8 Å². The maximum atomic E-state index is 12.8. The highest BCUT2D eigenvalue weighted by Crippen LogP contribution is 2.34. The summed E-state index contributed by atoms with van der Waals surface area (Å²) in [6, 6.07) is 15.4. The summed E-state index contributed by atoms with van der Waals surface area (Å²) in [5.41, 5.74) is 2.58. The van der Waals surface area contributed by atoms with Crippen molar-refractivity contribution in [1.82, 2.24) is 19.6 Å². The molecule has 0 radical (unpaired) electrons. The molecule has 0 bridgehead atoms. The van der Waals surface area contributed by atoms with Crippen molar-refractivity contribution in [1.29, 1.82) is 0 Å². The first-order chi connectivity index (χ1) is 19.0. The Morgan fingerprint density at radius 1 is 1.05 bits per heavy atom. The van der Waals surface area contributed by atoms with E-state index in [4.69, 9.17) is 9.72 Å². The van der Waals surface area contributed by atoms with Crippen molar-refractivity contribution >= 4 is 44.0 Å². The monoisotopic (exact) mass is 584 g/mol. The van der Waals surface area contributed by atoms with Gasteiger partial charge in [-0.05, 0) is 69.7 Å². The zero-order valence-corrected chi connectivity index (χ0v) is 24.7. The summed E-state index contributed by atoms with van der Waals surface area (Å²) in [6.45, 7) is 9.06. The van der Waals surface area contributed by atoms with Crippen LogP contribution in [0.5, 0.6) is 5.75 Å². The molecule has 10 nitrogen and oxygen atoms in total. The first-order valence-electron chi connectivity index (χ1n) is 13.4. The number of nitrogens with one attached hydrogen (secondary N) is 2. The molecule has 1 saturated heterocycles. The molecule has 2 aliphatic heterocycles. The molecule has 3 heterocycles. The van der Waals surface area contributed by atoms with Crippen LogP contribution < -0.4 is 19.7 Å². The lowest BCUT2D eigenvalue weighted by molar-refractivity contribution is 0.219. The van der Waals surface area contributed by atoms with Gasteiger partial charge in [0.2, 0.25) is 5.95 Å². The lowest BCUT2D eigenvalue weighted by Gasteiger charge is -2.26. The van der Waals surface area contributed by atoms with Gasteiger partial charge in [-0.1, -0.05) is 6.07 Å². The molecule has 0 spiro atoms. The third-order valence-electron chi connectivity index (χ3n) is 6.67. The quantitative estimate of drug-likeness (QED) is 0.390. The molecule has 1 fully saturated rings. The van der Waals surface area contributed by atoms with Gasteiger partial charge >= 0.3 is 0 Å². The third kappa shape index (κ3) is 7.36. The second kappa shape index (κ2) is 11.8. The second-order valence-electron chi connectivity index (χ2n) is 11.1. The van der Waals surface area contributed by atoms with Gasteiger partial charge in [-0.2, -0.15) is 4.98 Å². The third-order valence-corrected chi connectivity index (χ3v) is 9.76. The van der Waals surface area contributed by atoms with Gasteiger partial charge in [0, 0.05) is 54.9 Å². The first kappa shape index (κ1) is 28.5. The van der Waals surface area contributed by atoms with Crippen molar-refractivity contribution in [3.63, 3.8) is 0 Å². The standard InChI is InChI=1S/C28H36N6O4S2/c1-28(2,3)32-39(35)25-6-4-5-23(19-25)34-12-11-21-20-29-27(31-26(21)34)30-22-7-9-24(10-8-22)38-16-13-33-14-17-40(36,37)18-15-33/h4-10,19-20,32H,11-18H2,1-3H3,(H,29,30,31). The van der Waals surface area contributed by atoms with Crippen molar-refractivity contribution < 1.29 is 17.4 Å². The van der Waals surface area contributed by atoms with Gasteiger partial charge in [0.1, 0.15) is 29.2 Å². The minimum atomic E-state index is -2.87. The summed E-state index contributed by atoms with van der Waals surface area (Å²) in [5.74, 6) is 2.52. The first-order valence-corrected chi connectivity index (χ1v) is 16.4. The van der Waals surface area contributed by atoms with Crippen LogP contribution in [0.3, 0.4) is 0 Å². The van der Waals surface area contributed by atoms with Crippen LogP contribution in [0.15, 0.2) is 59.6 Å². The highest BCUT2D eigenvalue weighted by molar-refractivity contribution is 7.91. The molecular formula is C28H36N6O4S2. The summed E-state index contributed by atoms with van der Waals surface area (Å²) in [7, 11) is -4.19. The number of nitrogens with zero attached hydrogens (tertiary/aromatic N) is 4. The van der Waals surface area contributed by atoms with Gasteiger partial charge in [0.15, 0.2) is 9.84 Å². The fourth-order valence-corrected chi connectivity index (χ4v) is 6.97. The van der Waals surface area contributed by atoms with Crippen LogP contribution in [-0.2, 0) is 27.2 Å². The zero-order chi connectivity index (χ0) is 28.3. The molecule has 2 aliphatic rings. The van der Waals surface area contributed by atoms with Crippen molar-refractivity contribution in [3.8, 4) is 5.75 Å². The average Bonchev–Trinajstić information content (AvgIpc) is 3.33. The molecule has 1 aromatic heterocycles. The molecule has 5 rings (SSSR count). The molecule has 2 N–H and O–H groups in total. The predicted molar refractivity (Wildman–Crippen MR) is 159 cm³/mol. The predicted octanol–water partition coefficient (Wildman–Crippen LogP) is 3.43. The number of hydrogen-bond donors (Lipinski definition) is 2. The molecule has 214 valence electrons. The van der Waals surface area contributed by atoms with E-state index >= 15 is 0 Å². The molecule has 0 saturated carbocycles. The molecule has 1 unspecified atom stereocenters. The smallest absolute Gasteiger partial charge is 0.229 e. The van der Waals surface area contributed by atoms with E-state index in [1.54, 1.807) is 0 Å². The summed E-state index contributed by atoms with van der Waals surface area (Å²) in [4.78, 5) is 14.3. The fourth-order valence-electron chi connectivity index (χ4n) is 4.59. The Morgan fingerprint density at radius 3 is 2.52 bits per heavy atom. The average molecular weight is 585 g/mol. The Hall–Kier alpha value is -3.06. The van der Waals surface area contributed by atoms with E-state index in [0.717, 1.165) is 46.4 Å². The van der Waals surface area contributed by atoms with Crippen molar-refractivity contribution in [3.05, 3.63) is 60.3 Å². The minimum absolute atomic E-state index is 0.220. The number of fused-ring (bicyclic) bond motifs is 1. The fraction of sp³-hybridized carbons (Fsp3) is 0.429. The maximum Gasteiger partial charge on any atom is 0.229 e. The van der Waals surface area contributed by atoms with Gasteiger partial charge in [-0.3, -0.25) is 4.90 Å². The Balaban J connectivity index is 1.20. The lowest BCUT2D eigenvalue weighted by Crippen LogP contribution is -2.42. The van der Waals surface area contributed by atoms with Gasteiger partial charge < -0.3 is 15.0 Å². The Morgan fingerprint density at radius 2 is 1.80 bits per heavy atom. The van der Waals surface area contributed by atoms with E-state index in [-0.39, 0.29) is 17.0 Å². The highest BCUT2D eigenvalue weighted by Gasteiger charge is 2.25. The lowest BCUT2D eigenvalue weighted by atomic mass is 10.1. The van der Waals surface area contributed by atoms with Crippen molar-refractivity contribution in [2.24, 2.45) is 0 Å². The molecule has 0 aliphatic carbocycles. The number of sulfone groups is 1. The molecule has 12 heteroatoms. The Bertz CT molecular complexity index is 1460. The number of aromatic nitrogens is 2. The van der Waals surface area contributed by atoms with E-state index in [9.17, 15) is 12.6 Å². The second-order valence-corrected chi connectivity index (χ2v) is 14.6. The number of ether oxygens (including phenoxy) is 1. The summed E-state index contributed by atoms with van der Waals surface area (Å²) in [6.07, 6.45) is 2.69. The van der Waals surface area contributed by atoms with E-state index in [0.29, 0.717) is 32.2 Å². The summed E-state index contributed by atoms with van der Waals surface area (Å²) < 4.78 is 45.0. The molecule has 2 aromatic carbocycles. The number of benzene rings is 2. The molecular weight excluding hydrogens is 548 g/mol. The summed E-state index contributed by atoms with van der Waals surface area (Å²) >= 11 is 0. The molecule has 3 aromatic rings. The van der Waals surface area contributed by atoms with Crippen LogP contribution in [-0.4, -0.2) is 77.3 Å². The number of rotatable bonds is 9. The van der Waals surface area contributed by atoms with E-state index in [1.165, 1.54) is 0 Å². The van der Waals surface area contributed by atoms with Crippen LogP contribution in [0, 0.1) is 0 Å². The maximum absolute atomic E-state index is 12.8. The van der Waals surface area contributed by atoms with Crippen LogP contribution >= 0.6 is 0 Å². The SMILES string of the molecule is CC(C)(C)NS(=O)c1cccc(N2CCc3cnc(Nc4ccc(OCCN5CCS(=O)(=O)CC5)cc4)nc32)c1. The Labute approximate surface area is 238 Å². The largest absolute Gasteiger partial charge is 0.492 e. The molecule has 0 amide bonds. The van der Waals surface area contributed by atoms with Gasteiger partial charge in [0.05, 0.1) is 16.4 Å². The zero-order valence-electron chi connectivity index (χ0n) is 23.1. The molecule has 1 atom stereocenters. The van der Waals surface area contributed by atoms with E-state index in [1.807, 2.05) is 75.5 Å². The van der Waals surface area contributed by atoms with Crippen LogP contribution in [0.25, 0.3) is 0 Å². The Kier molecular flexibility index (Phi) is 8.41. The highest BCUT2D eigenvalue weighted by atomic mass is 32.2. The number of hydrogen-bond acceptors (Lipinski definition) is 9. The normalized spacial score (nSPS) is 17.8. The molecule has 40 heavy (non-hydrogen) atoms. The van der Waals surface area contributed by atoms with Gasteiger partial charge in [-0.15, -0.1) is 0 Å². The van der Waals surface area contributed by atoms with E-state index < -0.39 is 20.8 Å².